The first-order valence-electron chi connectivity index (χ1n) is 8.45. The molecule has 3 N–H and O–H groups in total. The summed E-state index contributed by atoms with van der Waals surface area (Å²) in [6, 6.07) is 7.98. The highest BCUT2D eigenvalue weighted by molar-refractivity contribution is 5.83. The van der Waals surface area contributed by atoms with Gasteiger partial charge in [0, 0.05) is 51.7 Å². The molecule has 26 heavy (non-hydrogen) atoms. The van der Waals surface area contributed by atoms with Crippen LogP contribution >= 0.6 is 0 Å². The molecular weight excluding hydrogens is 326 g/mol. The van der Waals surface area contributed by atoms with Crippen LogP contribution in [0.3, 0.4) is 0 Å². The first-order valence-corrected chi connectivity index (χ1v) is 8.45. The van der Waals surface area contributed by atoms with Crippen molar-refractivity contribution >= 4 is 24.1 Å². The highest BCUT2D eigenvalue weighted by atomic mass is 15.4. The maximum atomic E-state index is 7.76. The van der Waals surface area contributed by atoms with Gasteiger partial charge in [0.25, 0.3) is 0 Å². The fourth-order valence-electron chi connectivity index (χ4n) is 2.32. The molecule has 0 spiro atoms. The topological polar surface area (TPSA) is 79.1 Å². The molecule has 1 aliphatic rings. The van der Waals surface area contributed by atoms with Gasteiger partial charge >= 0.3 is 0 Å². The molecule has 2 rings (SSSR count). The molecule has 0 heterocycles. The molecule has 0 aliphatic heterocycles. The maximum absolute atomic E-state index is 7.76. The zero-order chi connectivity index (χ0) is 18.9. The molecule has 0 aromatic heterocycles. The SMILES string of the molecule is CN(C)C1=CCC(/C=N/NC(=N)N/N=C/c2ccc(N(C)C)cc2)C=C1. The minimum Gasteiger partial charge on any atom is -0.378 e. The molecule has 1 aromatic rings. The lowest BCUT2D eigenvalue weighted by Crippen LogP contribution is -2.29. The van der Waals surface area contributed by atoms with Crippen LogP contribution < -0.4 is 15.8 Å². The number of likely N-dealkylation sites (N-methyl/N-ethyl adjacent to an activating group) is 1. The number of anilines is 1. The van der Waals surface area contributed by atoms with Crippen LogP contribution in [0.15, 0.2) is 58.4 Å². The number of guanidine groups is 1. The van der Waals surface area contributed by atoms with E-state index in [0.29, 0.717) is 0 Å². The van der Waals surface area contributed by atoms with Gasteiger partial charge in [-0.25, -0.2) is 10.9 Å². The Morgan fingerprint density at radius 2 is 1.77 bits per heavy atom. The Kier molecular flexibility index (Phi) is 6.96. The largest absolute Gasteiger partial charge is 0.378 e. The van der Waals surface area contributed by atoms with Crippen LogP contribution in [0.25, 0.3) is 0 Å². The van der Waals surface area contributed by atoms with Gasteiger partial charge in [-0.1, -0.05) is 24.3 Å². The van der Waals surface area contributed by atoms with Gasteiger partial charge < -0.3 is 9.80 Å². The quantitative estimate of drug-likeness (QED) is 0.416. The molecule has 138 valence electrons. The summed E-state index contributed by atoms with van der Waals surface area (Å²) in [6.45, 7) is 0. The van der Waals surface area contributed by atoms with Crippen LogP contribution in [-0.2, 0) is 0 Å². The molecule has 1 unspecified atom stereocenters. The molecule has 0 bridgehead atoms. The predicted molar refractivity (Wildman–Crippen MR) is 110 cm³/mol. The van der Waals surface area contributed by atoms with Crippen LogP contribution in [0.4, 0.5) is 5.69 Å². The highest BCUT2D eigenvalue weighted by Crippen LogP contribution is 2.15. The highest BCUT2D eigenvalue weighted by Gasteiger charge is 2.07. The van der Waals surface area contributed by atoms with E-state index in [9.17, 15) is 0 Å². The van der Waals surface area contributed by atoms with Crippen molar-refractivity contribution in [2.45, 2.75) is 6.42 Å². The third kappa shape index (κ3) is 6.08. The number of hydrazone groups is 2. The van der Waals surface area contributed by atoms with Gasteiger partial charge in [0.2, 0.25) is 5.96 Å². The fraction of sp³-hybridized carbons (Fsp3) is 0.316. The number of hydrogen-bond acceptors (Lipinski definition) is 5. The van der Waals surface area contributed by atoms with Gasteiger partial charge in [-0.05, 0) is 30.2 Å². The number of nitrogens with zero attached hydrogens (tertiary/aromatic N) is 4. The van der Waals surface area contributed by atoms with E-state index >= 15 is 0 Å². The smallest absolute Gasteiger partial charge is 0.230 e. The molecule has 1 atom stereocenters. The van der Waals surface area contributed by atoms with Crippen molar-refractivity contribution in [2.24, 2.45) is 16.1 Å². The van der Waals surface area contributed by atoms with Gasteiger partial charge in [0.15, 0.2) is 0 Å². The van der Waals surface area contributed by atoms with E-state index in [0.717, 1.165) is 17.7 Å². The molecule has 1 aromatic carbocycles. The summed E-state index contributed by atoms with van der Waals surface area (Å²) >= 11 is 0. The lowest BCUT2D eigenvalue weighted by Gasteiger charge is -2.18. The van der Waals surface area contributed by atoms with Gasteiger partial charge in [-0.2, -0.15) is 10.2 Å². The lowest BCUT2D eigenvalue weighted by molar-refractivity contribution is 0.521. The number of benzene rings is 1. The molecule has 0 saturated heterocycles. The number of allylic oxidation sites excluding steroid dienone is 3. The van der Waals surface area contributed by atoms with Crippen molar-refractivity contribution in [3.05, 3.63) is 53.8 Å². The van der Waals surface area contributed by atoms with E-state index in [1.165, 1.54) is 5.70 Å². The molecule has 0 amide bonds. The van der Waals surface area contributed by atoms with E-state index in [2.05, 4.69) is 44.2 Å². The monoisotopic (exact) mass is 353 g/mol. The van der Waals surface area contributed by atoms with E-state index in [1.54, 1.807) is 12.4 Å². The summed E-state index contributed by atoms with van der Waals surface area (Å²) in [5.74, 6) is 0.254. The number of rotatable bonds is 6. The van der Waals surface area contributed by atoms with Crippen molar-refractivity contribution in [3.63, 3.8) is 0 Å². The normalized spacial score (nSPS) is 16.6. The van der Waals surface area contributed by atoms with Crippen LogP contribution in [-0.4, -0.2) is 51.5 Å². The zero-order valence-electron chi connectivity index (χ0n) is 15.8. The van der Waals surface area contributed by atoms with E-state index < -0.39 is 0 Å². The Labute approximate surface area is 155 Å². The predicted octanol–water partition coefficient (Wildman–Crippen LogP) is 2.21. The first kappa shape index (κ1) is 19.2. The minimum atomic E-state index is 0.0201. The molecule has 0 fully saturated rings. The summed E-state index contributed by atoms with van der Waals surface area (Å²) in [7, 11) is 8.05. The van der Waals surface area contributed by atoms with Crippen molar-refractivity contribution in [1.29, 1.82) is 5.41 Å². The molecular formula is C19H27N7. The Morgan fingerprint density at radius 1 is 1.08 bits per heavy atom. The second-order valence-electron chi connectivity index (χ2n) is 6.40. The fourth-order valence-corrected chi connectivity index (χ4v) is 2.32. The first-order chi connectivity index (χ1) is 12.5. The standard InChI is InChI=1S/C19H27N7/c1-25(2)17-9-5-15(6-10-17)13-21-23-19(20)24-22-14-16-7-11-18(12-8-16)26(3)4/h5-7,9-14,16H,8H2,1-4H3,(H3,20,23,24)/b21-13+,22-14+. The molecule has 0 saturated carbocycles. The van der Waals surface area contributed by atoms with Crippen LogP contribution in [0.5, 0.6) is 0 Å². The third-order valence-electron chi connectivity index (χ3n) is 3.87. The Bertz CT molecular complexity index is 712. The number of hydrogen-bond donors (Lipinski definition) is 3. The third-order valence-corrected chi connectivity index (χ3v) is 3.87. The summed E-state index contributed by atoms with van der Waals surface area (Å²) in [5.41, 5.74) is 8.52. The van der Waals surface area contributed by atoms with Crippen molar-refractivity contribution in [3.8, 4) is 0 Å². The van der Waals surface area contributed by atoms with E-state index in [4.69, 9.17) is 5.41 Å². The Balaban J connectivity index is 1.73. The lowest BCUT2D eigenvalue weighted by atomic mass is 10.0. The average Bonchev–Trinajstić information content (AvgIpc) is 2.62. The zero-order valence-corrected chi connectivity index (χ0v) is 15.8. The van der Waals surface area contributed by atoms with Gasteiger partial charge in [-0.3, -0.25) is 5.41 Å². The molecule has 1 aliphatic carbocycles. The Hall–Kier alpha value is -3.09. The summed E-state index contributed by atoms with van der Waals surface area (Å²) < 4.78 is 0. The Morgan fingerprint density at radius 3 is 2.35 bits per heavy atom. The second-order valence-corrected chi connectivity index (χ2v) is 6.40. The number of nitrogens with one attached hydrogen (secondary N) is 3. The van der Waals surface area contributed by atoms with Gasteiger partial charge in [0.05, 0.1) is 6.21 Å². The average molecular weight is 353 g/mol. The summed E-state index contributed by atoms with van der Waals surface area (Å²) in [6.07, 6.45) is 10.7. The van der Waals surface area contributed by atoms with Gasteiger partial charge in [-0.15, -0.1) is 0 Å². The summed E-state index contributed by atoms with van der Waals surface area (Å²) in [4.78, 5) is 4.11. The summed E-state index contributed by atoms with van der Waals surface area (Å²) in [5, 5.41) is 15.9. The maximum Gasteiger partial charge on any atom is 0.230 e. The van der Waals surface area contributed by atoms with Crippen molar-refractivity contribution < 1.29 is 0 Å². The van der Waals surface area contributed by atoms with Crippen molar-refractivity contribution in [2.75, 3.05) is 33.1 Å². The van der Waals surface area contributed by atoms with Crippen LogP contribution in [0, 0.1) is 11.3 Å². The van der Waals surface area contributed by atoms with E-state index in [-0.39, 0.29) is 11.9 Å². The molecule has 0 radical (unpaired) electrons. The molecule has 7 heteroatoms. The van der Waals surface area contributed by atoms with Crippen molar-refractivity contribution in [1.82, 2.24) is 15.8 Å². The minimum absolute atomic E-state index is 0.0201. The molecule has 7 nitrogen and oxygen atoms in total. The van der Waals surface area contributed by atoms with Gasteiger partial charge in [0.1, 0.15) is 0 Å². The van der Waals surface area contributed by atoms with Crippen LogP contribution in [0.2, 0.25) is 0 Å². The van der Waals surface area contributed by atoms with Crippen LogP contribution in [0.1, 0.15) is 12.0 Å². The van der Waals surface area contributed by atoms with E-state index in [1.807, 2.05) is 57.4 Å². The second kappa shape index (κ2) is 9.41.